The Kier molecular flexibility index (Phi) is 11.9. The molecule has 5 aliphatic heterocycles. The number of pyridine rings is 1. The van der Waals surface area contributed by atoms with E-state index in [9.17, 15) is 19.8 Å². The summed E-state index contributed by atoms with van der Waals surface area (Å²) in [7, 11) is 0. The fraction of sp³-hybridized carbons (Fsp3) is 0.526. The zero-order chi connectivity index (χ0) is 50.4. The van der Waals surface area contributed by atoms with Crippen molar-refractivity contribution in [2.45, 2.75) is 108 Å². The predicted octanol–water partition coefficient (Wildman–Crippen LogP) is 7.92. The Hall–Kier alpha value is -5.97. The number of phenolic OH excluding ortho intramolecular Hbond substituents is 1. The minimum Gasteiger partial charge on any atom is -0.508 e. The highest BCUT2D eigenvalue weighted by Gasteiger charge is 2.54. The predicted molar refractivity (Wildman–Crippen MR) is 277 cm³/mol. The molecule has 4 saturated heterocycles. The van der Waals surface area contributed by atoms with Crippen LogP contribution in [0.2, 0.25) is 0 Å². The molecular weight excluding hydrogens is 929 g/mol. The van der Waals surface area contributed by atoms with E-state index in [-0.39, 0.29) is 45.6 Å². The van der Waals surface area contributed by atoms with Crippen LogP contribution >= 0.6 is 0 Å². The van der Waals surface area contributed by atoms with Gasteiger partial charge < -0.3 is 39.9 Å². The summed E-state index contributed by atoms with van der Waals surface area (Å²) >= 11 is 0. The van der Waals surface area contributed by atoms with Gasteiger partial charge in [-0.3, -0.25) is 19.5 Å². The fourth-order valence-electron chi connectivity index (χ4n) is 13.2. The number of rotatable bonds is 12. The minimum atomic E-state index is -1.21. The molecule has 2 aliphatic carbocycles. The van der Waals surface area contributed by atoms with Gasteiger partial charge in [-0.25, -0.2) is 8.78 Å². The Morgan fingerprint density at radius 2 is 1.68 bits per heavy atom. The van der Waals surface area contributed by atoms with Crippen LogP contribution in [0.25, 0.3) is 32.9 Å². The molecule has 7 aliphatic rings. The van der Waals surface area contributed by atoms with Gasteiger partial charge in [-0.05, 0) is 135 Å². The molecule has 2 atom stereocenters. The number of aryl methyl sites for hydroxylation is 1. The maximum atomic E-state index is 17.2. The lowest BCUT2D eigenvalue weighted by Crippen LogP contribution is -2.61. The van der Waals surface area contributed by atoms with Crippen LogP contribution in [0.4, 0.5) is 20.3 Å². The standard InChI is InChI=1S/C57H67F2N9O5/c1-4-37-7-5-8-38-26-41(69)27-43(46(37)38)48-47(58)49-44(28-60-48)50(67-20-6-13-54(3,72)30-67)63-53(62-49)73-35-56(14-15-56)33-65-31-55(32-65)16-18-57(59,19-17-55)34-64-21-23-66(24-22-64)40-10-11-42-39(25-40)29-68(52(42)71)45-12-9-36(2)61-51(45)70/h5,7-8,10-11,25-28,45,69,72H,2,4,6,9,12-24,29-35H2,1,3H3,(H,61,70)/t45-,54+/m0/s1. The van der Waals surface area contributed by atoms with E-state index in [1.807, 2.05) is 49.1 Å². The number of carbonyl (C=O) groups excluding carboxylic acids is 2. The Balaban J connectivity index is 0.663. The number of phenols is 1. The van der Waals surface area contributed by atoms with Crippen LogP contribution in [0.15, 0.2) is 67.0 Å². The summed E-state index contributed by atoms with van der Waals surface area (Å²) in [4.78, 5) is 51.1. The second-order valence-corrected chi connectivity index (χ2v) is 23.2. The Labute approximate surface area is 425 Å². The van der Waals surface area contributed by atoms with E-state index < -0.39 is 23.1 Å². The first-order valence-electron chi connectivity index (χ1n) is 26.6. The molecule has 1 spiro atoms. The Morgan fingerprint density at radius 3 is 2.42 bits per heavy atom. The van der Waals surface area contributed by atoms with Gasteiger partial charge in [0.2, 0.25) is 5.91 Å². The molecule has 0 bridgehead atoms. The maximum absolute atomic E-state index is 17.2. The summed E-state index contributed by atoms with van der Waals surface area (Å²) in [6.07, 6.45) is 9.87. The van der Waals surface area contributed by atoms with Gasteiger partial charge in [-0.2, -0.15) is 9.97 Å². The number of aromatic nitrogens is 3. The maximum Gasteiger partial charge on any atom is 0.319 e. The molecule has 2 aromatic heterocycles. The molecule has 3 aromatic carbocycles. The molecule has 5 aromatic rings. The van der Waals surface area contributed by atoms with Gasteiger partial charge in [0.15, 0.2) is 5.82 Å². The molecular formula is C57H67F2N9O5. The molecule has 6 fully saturated rings. The van der Waals surface area contributed by atoms with E-state index in [2.05, 4.69) is 37.6 Å². The van der Waals surface area contributed by atoms with Gasteiger partial charge in [0.1, 0.15) is 34.5 Å². The summed E-state index contributed by atoms with van der Waals surface area (Å²) in [6.45, 7) is 15.8. The summed E-state index contributed by atoms with van der Waals surface area (Å²) in [5.41, 5.74) is 2.97. The van der Waals surface area contributed by atoms with Crippen LogP contribution in [0.1, 0.15) is 99.5 Å². The molecule has 16 heteroatoms. The zero-order valence-corrected chi connectivity index (χ0v) is 42.2. The van der Waals surface area contributed by atoms with Gasteiger partial charge >= 0.3 is 6.01 Å². The number of nitrogens with one attached hydrogen (secondary N) is 1. The highest BCUT2D eigenvalue weighted by atomic mass is 19.1. The highest BCUT2D eigenvalue weighted by Crippen LogP contribution is 2.53. The van der Waals surface area contributed by atoms with E-state index in [0.717, 1.165) is 112 Å². The first-order chi connectivity index (χ1) is 35.1. The van der Waals surface area contributed by atoms with Crippen molar-refractivity contribution < 1.29 is 33.3 Å². The number of anilines is 2. The van der Waals surface area contributed by atoms with E-state index in [1.165, 1.54) is 0 Å². The lowest BCUT2D eigenvalue weighted by molar-refractivity contribution is -0.126. The van der Waals surface area contributed by atoms with Crippen LogP contribution in [0, 0.1) is 16.6 Å². The molecule has 0 unspecified atom stereocenters. The quantitative estimate of drug-likeness (QED) is 0.112. The minimum absolute atomic E-state index is 0.0209. The Bertz CT molecular complexity index is 3030. The van der Waals surface area contributed by atoms with Gasteiger partial charge in [0, 0.05) is 106 Å². The van der Waals surface area contributed by atoms with Crippen LogP contribution in [-0.4, -0.2) is 141 Å². The van der Waals surface area contributed by atoms with Crippen molar-refractivity contribution >= 4 is 45.0 Å². The van der Waals surface area contributed by atoms with Crippen LogP contribution in [-0.2, 0) is 17.8 Å². The summed E-state index contributed by atoms with van der Waals surface area (Å²) in [5, 5.41) is 26.8. The third-order valence-corrected chi connectivity index (χ3v) is 17.5. The van der Waals surface area contributed by atoms with Gasteiger partial charge in [0.25, 0.3) is 5.91 Å². The van der Waals surface area contributed by atoms with Crippen molar-refractivity contribution in [2.75, 3.05) is 81.9 Å². The molecule has 12 rings (SSSR count). The van der Waals surface area contributed by atoms with Crippen molar-refractivity contribution in [1.82, 2.24) is 35.0 Å². The number of fused-ring (bicyclic) bond motifs is 3. The summed E-state index contributed by atoms with van der Waals surface area (Å²) in [6, 6.07) is 14.7. The third kappa shape index (κ3) is 9.15. The van der Waals surface area contributed by atoms with Crippen molar-refractivity contribution in [3.05, 3.63) is 89.5 Å². The number of β-amino-alcohol motifs (C(OH)–C–C–N with tert-alkyl or cyclic N) is 1. The SMILES string of the molecule is C=C1CC[C@H](N2Cc3cc(N4CCN(CC5(F)CCC6(CC5)CN(CC5(COc7nc(N8CCC[C@@](C)(O)C8)c8cnc(-c9cc(O)cc%10cccc(CC)c9%10)c(F)c8n7)CC5)C6)CC4)ccc3C2=O)C(=O)N1. The van der Waals surface area contributed by atoms with Crippen molar-refractivity contribution in [2.24, 2.45) is 10.8 Å². The number of hydrogen-bond donors (Lipinski definition) is 3. The van der Waals surface area contributed by atoms with Gasteiger partial charge in [-0.1, -0.05) is 31.7 Å². The number of halogens is 2. The number of hydrogen-bond acceptors (Lipinski definition) is 12. The molecule has 384 valence electrons. The van der Waals surface area contributed by atoms with Gasteiger partial charge in [-0.15, -0.1) is 0 Å². The second kappa shape index (κ2) is 18.2. The van der Waals surface area contributed by atoms with E-state index in [1.54, 1.807) is 23.2 Å². The van der Waals surface area contributed by atoms with Crippen molar-refractivity contribution in [3.63, 3.8) is 0 Å². The van der Waals surface area contributed by atoms with Crippen molar-refractivity contribution in [3.8, 4) is 23.0 Å². The number of allylic oxidation sites excluding steroid dienone is 1. The number of piperazine rings is 1. The number of aromatic hydroxyl groups is 1. The number of ether oxygens (including phenoxy) is 1. The van der Waals surface area contributed by atoms with Crippen LogP contribution in [0.3, 0.4) is 0 Å². The largest absolute Gasteiger partial charge is 0.508 e. The number of likely N-dealkylation sites (tertiary alicyclic amines) is 1. The van der Waals surface area contributed by atoms with Gasteiger partial charge in [0.05, 0.1) is 17.6 Å². The molecule has 2 amide bonds. The first kappa shape index (κ1) is 48.0. The average Bonchev–Trinajstić information content (AvgIpc) is 4.06. The number of benzene rings is 3. The number of nitrogens with zero attached hydrogens (tertiary/aromatic N) is 8. The molecule has 7 heterocycles. The lowest BCUT2D eigenvalue weighted by atomic mass is 9.64. The second-order valence-electron chi connectivity index (χ2n) is 23.2. The molecule has 73 heavy (non-hydrogen) atoms. The van der Waals surface area contributed by atoms with E-state index >= 15 is 8.78 Å². The monoisotopic (exact) mass is 996 g/mol. The Morgan fingerprint density at radius 1 is 0.890 bits per heavy atom. The molecule has 3 N–H and O–H groups in total. The zero-order valence-electron chi connectivity index (χ0n) is 42.2. The van der Waals surface area contributed by atoms with Crippen molar-refractivity contribution in [1.29, 1.82) is 0 Å². The number of alkyl halides is 1. The lowest BCUT2D eigenvalue weighted by Gasteiger charge is -2.55. The van der Waals surface area contributed by atoms with Crippen LogP contribution < -0.4 is 19.9 Å². The number of aliphatic hydroxyl groups is 1. The first-order valence-corrected chi connectivity index (χ1v) is 26.6. The normalized spacial score (nSPS) is 24.8. The number of carbonyl (C=O) groups is 2. The number of amides is 2. The highest BCUT2D eigenvalue weighted by molar-refractivity contribution is 6.03. The smallest absolute Gasteiger partial charge is 0.319 e. The average molecular weight is 996 g/mol. The van der Waals surface area contributed by atoms with E-state index in [4.69, 9.17) is 14.7 Å². The van der Waals surface area contributed by atoms with Crippen LogP contribution in [0.5, 0.6) is 11.8 Å². The fourth-order valence-corrected chi connectivity index (χ4v) is 13.2. The number of piperidine rings is 2. The molecule has 2 saturated carbocycles. The summed E-state index contributed by atoms with van der Waals surface area (Å²) in [5.74, 6) is -0.376. The third-order valence-electron chi connectivity index (χ3n) is 17.5. The molecule has 0 radical (unpaired) electrons. The van der Waals surface area contributed by atoms with E-state index in [0.29, 0.717) is 92.9 Å². The topological polar surface area (TPSA) is 151 Å². The molecule has 14 nitrogen and oxygen atoms in total. The summed E-state index contributed by atoms with van der Waals surface area (Å²) < 4.78 is 40.3.